The molecule has 0 aromatic carbocycles. The minimum atomic E-state index is -3.00. The van der Waals surface area contributed by atoms with E-state index in [1.165, 1.54) is 0 Å². The van der Waals surface area contributed by atoms with Gasteiger partial charge in [0.2, 0.25) is 10.0 Å². The Bertz CT molecular complexity index is 240. The van der Waals surface area contributed by atoms with Crippen LogP contribution in [0.2, 0.25) is 0 Å². The van der Waals surface area contributed by atoms with Crippen molar-refractivity contribution in [1.29, 1.82) is 0 Å². The lowest BCUT2D eigenvalue weighted by molar-refractivity contribution is 0.282. The van der Waals surface area contributed by atoms with Crippen LogP contribution in [0.4, 0.5) is 0 Å². The Morgan fingerprint density at radius 1 is 1.58 bits per heavy atom. The van der Waals surface area contributed by atoms with Crippen LogP contribution in [0.15, 0.2) is 0 Å². The number of alkyl halides is 1. The average Bonchev–Trinajstić information content (AvgIpc) is 2.05. The van der Waals surface area contributed by atoms with Gasteiger partial charge in [0.1, 0.15) is 4.66 Å². The third-order valence-corrected chi connectivity index (χ3v) is 5.28. The number of piperidine rings is 1. The Labute approximate surface area is 82.3 Å². The predicted molar refractivity (Wildman–Crippen MR) is 52.7 cm³/mol. The van der Waals surface area contributed by atoms with E-state index in [1.807, 2.05) is 0 Å². The molecule has 0 N–H and O–H groups in total. The third-order valence-electron chi connectivity index (χ3n) is 2.15. The van der Waals surface area contributed by atoms with E-state index in [1.54, 1.807) is 4.31 Å². The Kier molecular flexibility index (Phi) is 3.55. The molecule has 1 aliphatic rings. The molecular weight excluding hydrogens is 242 g/mol. The Hall–Kier alpha value is 0.390. The van der Waals surface area contributed by atoms with Crippen molar-refractivity contribution in [2.75, 3.05) is 17.8 Å². The molecule has 1 heterocycles. The van der Waals surface area contributed by atoms with Gasteiger partial charge in [-0.1, -0.05) is 22.9 Å². The first-order valence-electron chi connectivity index (χ1n) is 4.10. The van der Waals surface area contributed by atoms with Crippen LogP contribution in [0, 0.1) is 5.92 Å². The summed E-state index contributed by atoms with van der Waals surface area (Å²) in [6, 6.07) is 0. The number of nitrogens with zero attached hydrogens (tertiary/aromatic N) is 1. The van der Waals surface area contributed by atoms with Gasteiger partial charge in [-0.25, -0.2) is 12.7 Å². The maximum absolute atomic E-state index is 11.4. The molecule has 0 radical (unpaired) electrons. The standard InChI is InChI=1S/C7H14BrNO2S/c1-7-3-2-4-9(5-7)12(10,11)6-8/h7H,2-6H2,1H3. The van der Waals surface area contributed by atoms with Crippen LogP contribution < -0.4 is 0 Å². The molecule has 0 saturated carbocycles. The molecule has 1 saturated heterocycles. The predicted octanol–water partition coefficient (Wildman–Crippen LogP) is 1.40. The average molecular weight is 256 g/mol. The topological polar surface area (TPSA) is 37.4 Å². The first-order chi connectivity index (χ1) is 5.56. The van der Waals surface area contributed by atoms with Crippen molar-refractivity contribution in [3.05, 3.63) is 0 Å². The molecule has 1 rings (SSSR count). The van der Waals surface area contributed by atoms with E-state index in [-0.39, 0.29) is 4.66 Å². The summed E-state index contributed by atoms with van der Waals surface area (Å²) in [4.78, 5) is 0. The van der Waals surface area contributed by atoms with Crippen LogP contribution in [0.1, 0.15) is 19.8 Å². The molecule has 5 heteroatoms. The molecule has 0 aliphatic carbocycles. The molecule has 1 unspecified atom stereocenters. The van der Waals surface area contributed by atoms with Crippen LogP contribution >= 0.6 is 15.9 Å². The highest BCUT2D eigenvalue weighted by atomic mass is 79.9. The smallest absolute Gasteiger partial charge is 0.211 e. The molecule has 1 aliphatic heterocycles. The second kappa shape index (κ2) is 4.07. The number of rotatable bonds is 2. The van der Waals surface area contributed by atoms with Crippen molar-refractivity contribution in [3.63, 3.8) is 0 Å². The second-order valence-electron chi connectivity index (χ2n) is 3.33. The molecule has 0 aromatic rings. The van der Waals surface area contributed by atoms with Crippen molar-refractivity contribution >= 4 is 26.0 Å². The van der Waals surface area contributed by atoms with Gasteiger partial charge in [-0.3, -0.25) is 0 Å². The number of sulfonamides is 1. The summed E-state index contributed by atoms with van der Waals surface area (Å²) >= 11 is 3.00. The fraction of sp³-hybridized carbons (Fsp3) is 1.00. The van der Waals surface area contributed by atoms with Crippen LogP contribution in [-0.2, 0) is 10.0 Å². The van der Waals surface area contributed by atoms with Crippen molar-refractivity contribution in [1.82, 2.24) is 4.31 Å². The van der Waals surface area contributed by atoms with Gasteiger partial charge < -0.3 is 0 Å². The maximum atomic E-state index is 11.4. The molecule has 0 bridgehead atoms. The SMILES string of the molecule is CC1CCCN(S(=O)(=O)CBr)C1. The molecular formula is C7H14BrNO2S. The maximum Gasteiger partial charge on any atom is 0.224 e. The zero-order valence-electron chi connectivity index (χ0n) is 7.16. The highest BCUT2D eigenvalue weighted by Gasteiger charge is 2.25. The molecule has 0 aromatic heterocycles. The van der Waals surface area contributed by atoms with Crippen molar-refractivity contribution in [3.8, 4) is 0 Å². The Morgan fingerprint density at radius 3 is 2.75 bits per heavy atom. The lowest BCUT2D eigenvalue weighted by Crippen LogP contribution is -2.39. The van der Waals surface area contributed by atoms with E-state index < -0.39 is 10.0 Å². The van der Waals surface area contributed by atoms with Gasteiger partial charge in [0.25, 0.3) is 0 Å². The van der Waals surface area contributed by atoms with Crippen molar-refractivity contribution < 1.29 is 8.42 Å². The lowest BCUT2D eigenvalue weighted by Gasteiger charge is -2.29. The second-order valence-corrected chi connectivity index (χ2v) is 6.60. The summed E-state index contributed by atoms with van der Waals surface area (Å²) in [5.74, 6) is 0.507. The number of hydrogen-bond donors (Lipinski definition) is 0. The zero-order valence-corrected chi connectivity index (χ0v) is 9.57. The highest BCUT2D eigenvalue weighted by molar-refractivity contribution is 9.10. The minimum Gasteiger partial charge on any atom is -0.211 e. The Morgan fingerprint density at radius 2 is 2.25 bits per heavy atom. The van der Waals surface area contributed by atoms with E-state index >= 15 is 0 Å². The van der Waals surface area contributed by atoms with Gasteiger partial charge in [-0.2, -0.15) is 0 Å². The molecule has 0 spiro atoms. The first kappa shape index (κ1) is 10.5. The van der Waals surface area contributed by atoms with E-state index in [2.05, 4.69) is 22.9 Å². The fourth-order valence-electron chi connectivity index (χ4n) is 1.47. The van der Waals surface area contributed by atoms with Crippen molar-refractivity contribution in [2.45, 2.75) is 19.8 Å². The van der Waals surface area contributed by atoms with Crippen LogP contribution in [-0.4, -0.2) is 30.5 Å². The summed E-state index contributed by atoms with van der Waals surface area (Å²) in [6.07, 6.45) is 2.14. The van der Waals surface area contributed by atoms with E-state index in [0.717, 1.165) is 12.8 Å². The molecule has 3 nitrogen and oxygen atoms in total. The number of hydrogen-bond acceptors (Lipinski definition) is 2. The Balaban J connectivity index is 2.63. The third kappa shape index (κ3) is 2.44. The van der Waals surface area contributed by atoms with Crippen LogP contribution in [0.5, 0.6) is 0 Å². The van der Waals surface area contributed by atoms with Gasteiger partial charge >= 0.3 is 0 Å². The molecule has 72 valence electrons. The van der Waals surface area contributed by atoms with Gasteiger partial charge in [-0.15, -0.1) is 0 Å². The van der Waals surface area contributed by atoms with E-state index in [9.17, 15) is 8.42 Å². The van der Waals surface area contributed by atoms with Crippen LogP contribution in [0.3, 0.4) is 0 Å². The highest BCUT2D eigenvalue weighted by Crippen LogP contribution is 2.19. The lowest BCUT2D eigenvalue weighted by atomic mass is 10.0. The molecule has 1 fully saturated rings. The molecule has 0 amide bonds. The van der Waals surface area contributed by atoms with Gasteiger partial charge in [0.05, 0.1) is 0 Å². The normalized spacial score (nSPS) is 27.3. The van der Waals surface area contributed by atoms with Gasteiger partial charge in [0.15, 0.2) is 0 Å². The number of halogens is 1. The van der Waals surface area contributed by atoms with Crippen molar-refractivity contribution in [2.24, 2.45) is 5.92 Å². The largest absolute Gasteiger partial charge is 0.224 e. The first-order valence-corrected chi connectivity index (χ1v) is 6.83. The monoisotopic (exact) mass is 255 g/mol. The minimum absolute atomic E-state index is 0.0483. The van der Waals surface area contributed by atoms with E-state index in [4.69, 9.17) is 0 Å². The fourth-order valence-corrected chi connectivity index (χ4v) is 3.36. The van der Waals surface area contributed by atoms with Crippen LogP contribution in [0.25, 0.3) is 0 Å². The molecule has 1 atom stereocenters. The summed E-state index contributed by atoms with van der Waals surface area (Å²) in [7, 11) is -3.00. The summed E-state index contributed by atoms with van der Waals surface area (Å²) in [5.41, 5.74) is 0. The van der Waals surface area contributed by atoms with E-state index in [0.29, 0.717) is 19.0 Å². The zero-order chi connectivity index (χ0) is 9.19. The van der Waals surface area contributed by atoms with Gasteiger partial charge in [-0.05, 0) is 18.8 Å². The summed E-state index contributed by atoms with van der Waals surface area (Å²) in [5, 5.41) is 0. The van der Waals surface area contributed by atoms with Gasteiger partial charge in [0, 0.05) is 13.1 Å². The summed E-state index contributed by atoms with van der Waals surface area (Å²) < 4.78 is 24.4. The quantitative estimate of drug-likeness (QED) is 0.700. The summed E-state index contributed by atoms with van der Waals surface area (Å²) in [6.45, 7) is 3.47. The molecule has 12 heavy (non-hydrogen) atoms.